The Morgan fingerprint density at radius 2 is 1.85 bits per heavy atom. The number of nitrogens with one attached hydrogen (secondary N) is 1. The number of nitrogens with zero attached hydrogens (tertiary/aromatic N) is 1. The van der Waals surface area contributed by atoms with Crippen LogP contribution < -0.4 is 5.73 Å². The van der Waals surface area contributed by atoms with E-state index in [1.54, 1.807) is 12.5 Å². The zero-order chi connectivity index (χ0) is 22.8. The highest BCUT2D eigenvalue weighted by molar-refractivity contribution is 5.88. The van der Waals surface area contributed by atoms with Gasteiger partial charge in [-0.25, -0.2) is 4.98 Å². The van der Waals surface area contributed by atoms with Crippen molar-refractivity contribution in [1.29, 1.82) is 0 Å². The smallest absolute Gasteiger partial charge is 0.225 e. The van der Waals surface area contributed by atoms with Gasteiger partial charge in [-0.05, 0) is 59.4 Å². The molecular formula is C28H25N3O2. The molecule has 0 aliphatic heterocycles. The van der Waals surface area contributed by atoms with Gasteiger partial charge in [0.15, 0.2) is 5.78 Å². The molecule has 5 heteroatoms. The van der Waals surface area contributed by atoms with Crippen molar-refractivity contribution >= 4 is 16.7 Å². The first-order valence-corrected chi connectivity index (χ1v) is 11.0. The highest BCUT2D eigenvalue weighted by atomic mass is 16.3. The van der Waals surface area contributed by atoms with E-state index in [0.29, 0.717) is 18.7 Å². The molecular weight excluding hydrogens is 410 g/mol. The quantitative estimate of drug-likeness (QED) is 0.354. The van der Waals surface area contributed by atoms with Crippen molar-refractivity contribution in [3.63, 3.8) is 0 Å². The SMILES string of the molecule is Cc1ccc(-c2ncco2)cc1-c1ccc(CC(=O)C(N)Cc2c[nH]c3ccccc23)cc1. The summed E-state index contributed by atoms with van der Waals surface area (Å²) in [6.07, 6.45) is 6.00. The lowest BCUT2D eigenvalue weighted by atomic mass is 9.95. The molecule has 0 aliphatic carbocycles. The second-order valence-electron chi connectivity index (χ2n) is 8.38. The fourth-order valence-electron chi connectivity index (χ4n) is 4.22. The third-order valence-electron chi connectivity index (χ3n) is 6.09. The molecule has 1 atom stereocenters. The van der Waals surface area contributed by atoms with Crippen molar-refractivity contribution < 1.29 is 9.21 Å². The average molecular weight is 436 g/mol. The summed E-state index contributed by atoms with van der Waals surface area (Å²) >= 11 is 0. The molecule has 5 nitrogen and oxygen atoms in total. The van der Waals surface area contributed by atoms with Crippen LogP contribution in [0.1, 0.15) is 16.7 Å². The topological polar surface area (TPSA) is 84.9 Å². The molecule has 5 aromatic rings. The number of benzene rings is 3. The molecule has 164 valence electrons. The Morgan fingerprint density at radius 1 is 1.06 bits per heavy atom. The maximum absolute atomic E-state index is 12.8. The van der Waals surface area contributed by atoms with Crippen LogP contribution in [0, 0.1) is 6.92 Å². The Hall–Kier alpha value is -3.96. The monoisotopic (exact) mass is 435 g/mol. The number of fused-ring (bicyclic) bond motifs is 1. The summed E-state index contributed by atoms with van der Waals surface area (Å²) in [6.45, 7) is 2.08. The number of carbonyl (C=O) groups is 1. The van der Waals surface area contributed by atoms with E-state index in [1.807, 2.05) is 42.6 Å². The van der Waals surface area contributed by atoms with Gasteiger partial charge >= 0.3 is 0 Å². The second kappa shape index (κ2) is 8.88. The first-order chi connectivity index (χ1) is 16.1. The van der Waals surface area contributed by atoms with Gasteiger partial charge in [-0.1, -0.05) is 48.5 Å². The lowest BCUT2D eigenvalue weighted by Crippen LogP contribution is -2.33. The Labute approximate surface area is 192 Å². The Bertz CT molecular complexity index is 1400. The number of H-pyrrole nitrogens is 1. The van der Waals surface area contributed by atoms with E-state index in [2.05, 4.69) is 47.2 Å². The summed E-state index contributed by atoms with van der Waals surface area (Å²) in [7, 11) is 0. The predicted octanol–water partition coefficient (Wildman–Crippen LogP) is 5.48. The van der Waals surface area contributed by atoms with Gasteiger partial charge in [-0.15, -0.1) is 0 Å². The summed E-state index contributed by atoms with van der Waals surface area (Å²) in [4.78, 5) is 20.3. The number of aryl methyl sites for hydroxylation is 1. The lowest BCUT2D eigenvalue weighted by Gasteiger charge is -2.12. The number of ketones is 1. The normalized spacial score (nSPS) is 12.2. The zero-order valence-corrected chi connectivity index (χ0v) is 18.4. The Kier molecular flexibility index (Phi) is 5.63. The highest BCUT2D eigenvalue weighted by Gasteiger charge is 2.17. The van der Waals surface area contributed by atoms with Crippen LogP contribution in [0.25, 0.3) is 33.5 Å². The summed E-state index contributed by atoms with van der Waals surface area (Å²) in [5.74, 6) is 0.637. The van der Waals surface area contributed by atoms with E-state index in [1.165, 1.54) is 0 Å². The number of hydrogen-bond donors (Lipinski definition) is 2. The number of aromatic nitrogens is 2. The van der Waals surface area contributed by atoms with Crippen LogP contribution in [0.4, 0.5) is 0 Å². The number of Topliss-reactive ketones (excluding diaryl/α,β-unsaturated/α-hetero) is 1. The molecule has 2 aromatic heterocycles. The first kappa shape index (κ1) is 20.9. The minimum absolute atomic E-state index is 0.0371. The summed E-state index contributed by atoms with van der Waals surface area (Å²) < 4.78 is 5.43. The van der Waals surface area contributed by atoms with E-state index in [-0.39, 0.29) is 5.78 Å². The standard InChI is InChI=1S/C28H25N3O2/c1-18-6-9-21(28-30-12-13-33-28)15-24(18)20-10-7-19(8-11-20)14-27(32)25(29)16-22-17-31-26-5-3-2-4-23(22)26/h2-13,15,17,25,31H,14,16,29H2,1H3. The number of carbonyl (C=O) groups excluding carboxylic acids is 1. The van der Waals surface area contributed by atoms with Gasteiger partial charge in [-0.3, -0.25) is 4.79 Å². The molecule has 33 heavy (non-hydrogen) atoms. The first-order valence-electron chi connectivity index (χ1n) is 11.0. The fourth-order valence-corrected chi connectivity index (χ4v) is 4.22. The van der Waals surface area contributed by atoms with Crippen LogP contribution in [0.5, 0.6) is 0 Å². The molecule has 1 unspecified atom stereocenters. The van der Waals surface area contributed by atoms with E-state index >= 15 is 0 Å². The van der Waals surface area contributed by atoms with Gasteiger partial charge in [0.1, 0.15) is 6.26 Å². The molecule has 0 fully saturated rings. The minimum Gasteiger partial charge on any atom is -0.445 e. The van der Waals surface area contributed by atoms with Crippen LogP contribution >= 0.6 is 0 Å². The van der Waals surface area contributed by atoms with Crippen LogP contribution in [-0.2, 0) is 17.6 Å². The summed E-state index contributed by atoms with van der Waals surface area (Å²) in [6, 6.07) is 21.8. The average Bonchev–Trinajstić information content (AvgIpc) is 3.51. The Balaban J connectivity index is 1.29. The van der Waals surface area contributed by atoms with Crippen molar-refractivity contribution in [3.05, 3.63) is 102 Å². The number of oxazole rings is 1. The van der Waals surface area contributed by atoms with Gasteiger partial charge in [0.2, 0.25) is 5.89 Å². The molecule has 5 rings (SSSR count). The second-order valence-corrected chi connectivity index (χ2v) is 8.38. The van der Waals surface area contributed by atoms with Gasteiger partial charge in [0, 0.05) is 29.1 Å². The number of aromatic amines is 1. The maximum atomic E-state index is 12.8. The van der Waals surface area contributed by atoms with Crippen molar-refractivity contribution in [1.82, 2.24) is 9.97 Å². The summed E-state index contributed by atoms with van der Waals surface area (Å²) in [5, 5.41) is 1.12. The third kappa shape index (κ3) is 4.36. The Morgan fingerprint density at radius 3 is 2.64 bits per heavy atom. The van der Waals surface area contributed by atoms with Gasteiger partial charge < -0.3 is 15.1 Å². The largest absolute Gasteiger partial charge is 0.445 e. The molecule has 3 aromatic carbocycles. The molecule has 0 radical (unpaired) electrons. The van der Waals surface area contributed by atoms with Crippen molar-refractivity contribution in [2.75, 3.05) is 0 Å². The fraction of sp³-hybridized carbons (Fsp3) is 0.143. The van der Waals surface area contributed by atoms with Crippen LogP contribution in [0.2, 0.25) is 0 Å². The molecule has 0 saturated heterocycles. The van der Waals surface area contributed by atoms with E-state index in [0.717, 1.165) is 44.3 Å². The molecule has 2 heterocycles. The zero-order valence-electron chi connectivity index (χ0n) is 18.4. The highest BCUT2D eigenvalue weighted by Crippen LogP contribution is 2.29. The number of para-hydroxylation sites is 1. The molecule has 3 N–H and O–H groups in total. The predicted molar refractivity (Wildman–Crippen MR) is 131 cm³/mol. The number of rotatable bonds is 7. The lowest BCUT2D eigenvalue weighted by molar-refractivity contribution is -0.119. The molecule has 0 spiro atoms. The van der Waals surface area contributed by atoms with E-state index < -0.39 is 6.04 Å². The van der Waals surface area contributed by atoms with Gasteiger partial charge in [0.25, 0.3) is 0 Å². The molecule has 0 aliphatic rings. The number of hydrogen-bond acceptors (Lipinski definition) is 4. The van der Waals surface area contributed by atoms with Crippen LogP contribution in [-0.4, -0.2) is 21.8 Å². The molecule has 0 bridgehead atoms. The third-order valence-corrected chi connectivity index (χ3v) is 6.09. The van der Waals surface area contributed by atoms with Gasteiger partial charge in [-0.2, -0.15) is 0 Å². The van der Waals surface area contributed by atoms with Crippen LogP contribution in [0.3, 0.4) is 0 Å². The van der Waals surface area contributed by atoms with Crippen molar-refractivity contribution in [2.24, 2.45) is 5.73 Å². The minimum atomic E-state index is -0.538. The van der Waals surface area contributed by atoms with Crippen molar-refractivity contribution in [3.8, 4) is 22.6 Å². The van der Waals surface area contributed by atoms with Gasteiger partial charge in [0.05, 0.1) is 12.2 Å². The van der Waals surface area contributed by atoms with Crippen LogP contribution in [0.15, 0.2) is 89.8 Å². The summed E-state index contributed by atoms with van der Waals surface area (Å²) in [5.41, 5.74) is 13.7. The number of nitrogens with two attached hydrogens (primary N) is 1. The molecule has 0 amide bonds. The maximum Gasteiger partial charge on any atom is 0.225 e. The van der Waals surface area contributed by atoms with E-state index in [9.17, 15) is 4.79 Å². The molecule has 0 saturated carbocycles. The van der Waals surface area contributed by atoms with Crippen molar-refractivity contribution in [2.45, 2.75) is 25.8 Å². The van der Waals surface area contributed by atoms with E-state index in [4.69, 9.17) is 10.2 Å².